The number of fused-ring (bicyclic) bond motifs is 3. The number of carbonyl (C=O) groups is 3. The van der Waals surface area contributed by atoms with E-state index in [0.29, 0.717) is 37.3 Å². The van der Waals surface area contributed by atoms with Gasteiger partial charge in [-0.25, -0.2) is 9.11 Å². The number of nitrogens with zero attached hydrogens (tertiary/aromatic N) is 4. The molecule has 3 aromatic rings. The number of anilines is 1. The van der Waals surface area contributed by atoms with Crippen LogP contribution in [0.4, 0.5) is 23.2 Å². The number of amides is 3. The molecule has 298 valence electrons. The molecule has 3 aliphatic rings. The van der Waals surface area contributed by atoms with E-state index in [1.807, 2.05) is 53.5 Å². The summed E-state index contributed by atoms with van der Waals surface area (Å²) in [5.74, 6) is -4.01. The van der Waals surface area contributed by atoms with Gasteiger partial charge in [0.05, 0.1) is 23.1 Å². The van der Waals surface area contributed by atoms with Crippen LogP contribution in [0.3, 0.4) is 0 Å². The molecule has 2 fully saturated rings. The molecule has 0 radical (unpaired) electrons. The number of hydrogen-bond acceptors (Lipinski definition) is 8. The van der Waals surface area contributed by atoms with E-state index in [1.54, 1.807) is 6.08 Å². The summed E-state index contributed by atoms with van der Waals surface area (Å²) < 4.78 is 92.0. The van der Waals surface area contributed by atoms with E-state index in [0.717, 1.165) is 22.0 Å². The van der Waals surface area contributed by atoms with Gasteiger partial charge in [0.25, 0.3) is 11.9 Å². The van der Waals surface area contributed by atoms with Crippen LogP contribution in [0.5, 0.6) is 6.01 Å². The van der Waals surface area contributed by atoms with Crippen LogP contribution in [0.25, 0.3) is 11.0 Å². The summed E-state index contributed by atoms with van der Waals surface area (Å²) >= 11 is 0. The van der Waals surface area contributed by atoms with Gasteiger partial charge in [-0.15, -0.1) is 0 Å². The molecule has 0 spiro atoms. The SMILES string of the molecule is CC(C)n1c(O[C@@H]2C[C@H]3C(=O)N[C@]4(C(=O)NS(=O)(=O)N(C)C)C[C@H]4C=CCCCCC[C@H](Nc4cc(F)cc(C(F)(F)F)c4)C(=O)N3C2)nc2ccccc21. The second kappa shape index (κ2) is 15.4. The van der Waals surface area contributed by atoms with Gasteiger partial charge in [-0.05, 0) is 69.9 Å². The summed E-state index contributed by atoms with van der Waals surface area (Å²) in [4.78, 5) is 48.5. The van der Waals surface area contributed by atoms with Gasteiger partial charge in [0.15, 0.2) is 0 Å². The number of rotatable bonds is 8. The molecule has 0 bridgehead atoms. The van der Waals surface area contributed by atoms with Crippen molar-refractivity contribution in [1.29, 1.82) is 0 Å². The van der Waals surface area contributed by atoms with Crippen LogP contribution < -0.4 is 20.1 Å². The maximum atomic E-state index is 14.6. The molecule has 5 atom stereocenters. The number of para-hydroxylation sites is 2. The first-order chi connectivity index (χ1) is 25.9. The van der Waals surface area contributed by atoms with Gasteiger partial charge in [0.2, 0.25) is 11.8 Å². The number of halogens is 4. The molecule has 18 heteroatoms. The fourth-order valence-electron chi connectivity index (χ4n) is 7.26. The summed E-state index contributed by atoms with van der Waals surface area (Å²) in [6.45, 7) is 3.76. The van der Waals surface area contributed by atoms with Crippen molar-refractivity contribution >= 4 is 44.7 Å². The predicted octanol–water partition coefficient (Wildman–Crippen LogP) is 4.92. The molecule has 3 amide bonds. The number of aromatic nitrogens is 2. The third-order valence-electron chi connectivity index (χ3n) is 10.3. The summed E-state index contributed by atoms with van der Waals surface area (Å²) in [5, 5.41) is 5.59. The van der Waals surface area contributed by atoms with Crippen molar-refractivity contribution in [2.24, 2.45) is 5.92 Å². The number of alkyl halides is 3. The fraction of sp³-hybridized carbons (Fsp3) is 0.514. The minimum Gasteiger partial charge on any atom is -0.459 e. The molecular weight excluding hydrogens is 747 g/mol. The first kappa shape index (κ1) is 40.0. The highest BCUT2D eigenvalue weighted by Gasteiger charge is 2.61. The Labute approximate surface area is 316 Å². The molecule has 1 saturated heterocycles. The van der Waals surface area contributed by atoms with E-state index in [2.05, 4.69) is 15.6 Å². The number of hydrogen-bond donors (Lipinski definition) is 3. The molecule has 1 aliphatic carbocycles. The van der Waals surface area contributed by atoms with E-state index >= 15 is 0 Å². The summed E-state index contributed by atoms with van der Waals surface area (Å²) in [5.41, 5.74) is -1.66. The molecule has 0 unspecified atom stereocenters. The summed E-state index contributed by atoms with van der Waals surface area (Å²) in [6.07, 6.45) is 0.528. The van der Waals surface area contributed by atoms with E-state index in [1.165, 1.54) is 19.0 Å². The molecule has 2 aliphatic heterocycles. The lowest BCUT2D eigenvalue weighted by atomic mass is 10.0. The van der Waals surface area contributed by atoms with Crippen LogP contribution in [0.15, 0.2) is 54.6 Å². The Hall–Kier alpha value is -4.71. The molecule has 3 heterocycles. The quantitative estimate of drug-likeness (QED) is 0.215. The van der Waals surface area contributed by atoms with Crippen molar-refractivity contribution in [3.05, 3.63) is 66.0 Å². The second-order valence-corrected chi connectivity index (χ2v) is 16.7. The molecule has 55 heavy (non-hydrogen) atoms. The number of allylic oxidation sites excluding steroid dienone is 1. The van der Waals surface area contributed by atoms with Crippen LogP contribution in [-0.4, -0.2) is 89.3 Å². The molecular formula is C37H45F4N7O6S. The van der Waals surface area contributed by atoms with Gasteiger partial charge >= 0.3 is 16.4 Å². The van der Waals surface area contributed by atoms with Gasteiger partial charge in [-0.1, -0.05) is 37.1 Å². The zero-order chi connectivity index (χ0) is 39.9. The maximum absolute atomic E-state index is 14.6. The molecule has 3 N–H and O–H groups in total. The highest BCUT2D eigenvalue weighted by Crippen LogP contribution is 2.46. The lowest BCUT2D eigenvalue weighted by molar-refractivity contribution is -0.140. The molecule has 13 nitrogen and oxygen atoms in total. The maximum Gasteiger partial charge on any atom is 0.416 e. The molecule has 1 aromatic heterocycles. The smallest absolute Gasteiger partial charge is 0.416 e. The lowest BCUT2D eigenvalue weighted by Gasteiger charge is -2.30. The largest absolute Gasteiger partial charge is 0.459 e. The minimum absolute atomic E-state index is 0.0576. The van der Waals surface area contributed by atoms with E-state index in [9.17, 15) is 40.4 Å². The Bertz CT molecular complexity index is 2090. The van der Waals surface area contributed by atoms with E-state index in [-0.39, 0.29) is 43.5 Å². The molecule has 1 saturated carbocycles. The van der Waals surface area contributed by atoms with Gasteiger partial charge in [0, 0.05) is 38.2 Å². The Balaban J connectivity index is 1.36. The Morgan fingerprint density at radius 3 is 2.56 bits per heavy atom. The topological polar surface area (TPSA) is 155 Å². The minimum atomic E-state index is -4.85. The summed E-state index contributed by atoms with van der Waals surface area (Å²) in [6, 6.07) is 7.12. The van der Waals surface area contributed by atoms with Crippen molar-refractivity contribution in [2.75, 3.05) is 26.0 Å². The van der Waals surface area contributed by atoms with Crippen LogP contribution in [-0.2, 0) is 30.8 Å². The number of ether oxygens (including phenoxy) is 1. The zero-order valence-electron chi connectivity index (χ0n) is 30.9. The number of nitrogens with one attached hydrogen (secondary N) is 3. The summed E-state index contributed by atoms with van der Waals surface area (Å²) in [7, 11) is -1.73. The van der Waals surface area contributed by atoms with E-state index < -0.39 is 75.1 Å². The molecule has 6 rings (SSSR count). The lowest BCUT2D eigenvalue weighted by Crippen LogP contribution is -2.58. The van der Waals surface area contributed by atoms with Crippen LogP contribution in [0, 0.1) is 11.7 Å². The first-order valence-corrected chi connectivity index (χ1v) is 19.7. The van der Waals surface area contributed by atoms with Crippen molar-refractivity contribution in [2.45, 2.75) is 94.7 Å². The van der Waals surface area contributed by atoms with Gasteiger partial charge in [0.1, 0.15) is 29.5 Å². The highest BCUT2D eigenvalue weighted by atomic mass is 32.2. The van der Waals surface area contributed by atoms with E-state index in [4.69, 9.17) is 4.74 Å². The average molecular weight is 792 g/mol. The van der Waals surface area contributed by atoms with Crippen molar-refractivity contribution in [3.63, 3.8) is 0 Å². The Morgan fingerprint density at radius 1 is 1.11 bits per heavy atom. The van der Waals surface area contributed by atoms with Gasteiger partial charge in [-0.2, -0.15) is 30.9 Å². The number of benzene rings is 2. The second-order valence-electron chi connectivity index (χ2n) is 14.8. The van der Waals surface area contributed by atoms with Gasteiger partial charge < -0.3 is 20.3 Å². The third kappa shape index (κ3) is 8.59. The third-order valence-corrected chi connectivity index (χ3v) is 11.7. The van der Waals surface area contributed by atoms with Crippen molar-refractivity contribution < 1.29 is 45.1 Å². The average Bonchev–Trinajstić information content (AvgIpc) is 3.43. The fourth-order valence-corrected chi connectivity index (χ4v) is 7.86. The zero-order valence-corrected chi connectivity index (χ0v) is 31.7. The number of imidazole rings is 1. The predicted molar refractivity (Wildman–Crippen MR) is 195 cm³/mol. The number of carbonyl (C=O) groups excluding carboxylic acids is 3. The normalized spacial score (nSPS) is 25.2. The van der Waals surface area contributed by atoms with Crippen molar-refractivity contribution in [3.8, 4) is 6.01 Å². The van der Waals surface area contributed by atoms with Crippen LogP contribution in [0.2, 0.25) is 0 Å². The van der Waals surface area contributed by atoms with Gasteiger partial charge in [-0.3, -0.25) is 19.0 Å². The first-order valence-electron chi connectivity index (χ1n) is 18.2. The highest BCUT2D eigenvalue weighted by molar-refractivity contribution is 7.87. The monoisotopic (exact) mass is 791 g/mol. The standard InChI is InChI=1S/C37H45F4N7O6S/c1-22(2)48-30-15-11-10-13-28(30)43-35(48)54-27-19-31-32(49)44-36(34(51)45-55(52,53)46(3)4)20-23(36)12-8-6-5-7-9-14-29(33(50)47(31)21-27)42-26-17-24(37(39,40)41)16-25(38)18-26/h8,10-13,15-18,22-23,27,29,31,42H,5-7,9,14,19-21H2,1-4H3,(H,44,49)(H,45,51)/t23-,27-,29+,31+,36-/m1/s1. The Morgan fingerprint density at radius 2 is 1.85 bits per heavy atom. The van der Waals surface area contributed by atoms with Crippen LogP contribution >= 0.6 is 0 Å². The molecule has 2 aromatic carbocycles. The van der Waals surface area contributed by atoms with Crippen molar-refractivity contribution in [1.82, 2.24) is 28.8 Å². The van der Waals surface area contributed by atoms with Crippen LogP contribution in [0.1, 0.15) is 70.4 Å². The Kier molecular flexibility index (Phi) is 11.2.